The van der Waals surface area contributed by atoms with Crippen molar-refractivity contribution in [3.05, 3.63) is 47.0 Å². The number of carbonyl (C=O) groups is 2. The lowest BCUT2D eigenvalue weighted by Crippen LogP contribution is -2.37. The number of carbonyl (C=O) groups excluding carboxylic acids is 2. The fraction of sp³-hybridized carbons (Fsp3) is 0.421. The molecule has 0 bridgehead atoms. The Labute approximate surface area is 175 Å². The second kappa shape index (κ2) is 9.38. The second-order valence-electron chi connectivity index (χ2n) is 6.77. The van der Waals surface area contributed by atoms with Crippen LogP contribution in [-0.2, 0) is 11.0 Å². The summed E-state index contributed by atoms with van der Waals surface area (Å²) in [6, 6.07) is 2.39. The van der Waals surface area contributed by atoms with E-state index in [0.717, 1.165) is 12.3 Å². The van der Waals surface area contributed by atoms with Gasteiger partial charge in [0, 0.05) is 45.3 Å². The molecule has 1 aliphatic heterocycles. The van der Waals surface area contributed by atoms with Crippen LogP contribution in [0.15, 0.2) is 35.3 Å². The number of rotatable bonds is 5. The summed E-state index contributed by atoms with van der Waals surface area (Å²) in [5, 5.41) is 2.58. The maximum absolute atomic E-state index is 12.8. The van der Waals surface area contributed by atoms with Crippen molar-refractivity contribution in [2.45, 2.75) is 19.0 Å². The number of aromatic nitrogens is 1. The Bertz CT molecular complexity index is 890. The molecular weight excluding hydrogens is 425 g/mol. The van der Waals surface area contributed by atoms with E-state index in [-0.39, 0.29) is 35.6 Å². The van der Waals surface area contributed by atoms with Gasteiger partial charge in [-0.25, -0.2) is 4.98 Å². The lowest BCUT2D eigenvalue weighted by molar-refractivity contribution is -0.137. The number of alkyl halides is 3. The maximum Gasteiger partial charge on any atom is 0.417 e. The van der Waals surface area contributed by atoms with Gasteiger partial charge in [0.05, 0.1) is 22.4 Å². The number of furan rings is 1. The van der Waals surface area contributed by atoms with Gasteiger partial charge in [-0.05, 0) is 18.6 Å². The first kappa shape index (κ1) is 21.9. The van der Waals surface area contributed by atoms with Crippen LogP contribution in [0.2, 0.25) is 5.02 Å². The number of nitrogens with one attached hydrogen (secondary N) is 1. The van der Waals surface area contributed by atoms with Crippen LogP contribution in [0.5, 0.6) is 0 Å². The Kier molecular flexibility index (Phi) is 6.86. The summed E-state index contributed by atoms with van der Waals surface area (Å²) in [5.41, 5.74) is -0.519. The molecule has 2 aromatic heterocycles. The largest absolute Gasteiger partial charge is 0.472 e. The molecule has 162 valence electrons. The van der Waals surface area contributed by atoms with Crippen LogP contribution >= 0.6 is 11.6 Å². The first-order valence-corrected chi connectivity index (χ1v) is 9.69. The first-order chi connectivity index (χ1) is 14.3. The topological polar surface area (TPSA) is 78.7 Å². The van der Waals surface area contributed by atoms with Crippen molar-refractivity contribution >= 4 is 29.2 Å². The molecule has 0 spiro atoms. The number of nitrogens with zero attached hydrogens (tertiary/aromatic N) is 3. The van der Waals surface area contributed by atoms with Crippen LogP contribution < -0.4 is 10.2 Å². The van der Waals surface area contributed by atoms with Crippen LogP contribution in [0, 0.1) is 0 Å². The molecule has 11 heteroatoms. The third kappa shape index (κ3) is 5.44. The molecule has 7 nitrogen and oxygen atoms in total. The van der Waals surface area contributed by atoms with E-state index >= 15 is 0 Å². The van der Waals surface area contributed by atoms with Crippen LogP contribution in [0.1, 0.15) is 28.8 Å². The van der Waals surface area contributed by atoms with Gasteiger partial charge in [-0.3, -0.25) is 9.59 Å². The summed E-state index contributed by atoms with van der Waals surface area (Å²) in [7, 11) is 0. The van der Waals surface area contributed by atoms with Crippen molar-refractivity contribution in [1.82, 2.24) is 15.2 Å². The number of amides is 2. The standard InChI is InChI=1S/C19H20ClF3N4O3/c20-15-10-14(19(21,22)23)11-25-17(15)27-6-1-5-26(7-8-27)16(28)2-4-24-18(29)13-3-9-30-12-13/h3,9-12H,1-2,4-8H2,(H,24,29). The normalized spacial score (nSPS) is 15.1. The number of anilines is 1. The summed E-state index contributed by atoms with van der Waals surface area (Å²) < 4.78 is 43.2. The summed E-state index contributed by atoms with van der Waals surface area (Å²) in [4.78, 5) is 31.6. The van der Waals surface area contributed by atoms with Crippen LogP contribution in [0.3, 0.4) is 0 Å². The van der Waals surface area contributed by atoms with Gasteiger partial charge in [0.1, 0.15) is 12.1 Å². The van der Waals surface area contributed by atoms with Gasteiger partial charge in [0.25, 0.3) is 5.91 Å². The number of halogens is 4. The third-order valence-corrected chi connectivity index (χ3v) is 4.98. The molecule has 30 heavy (non-hydrogen) atoms. The van der Waals surface area contributed by atoms with E-state index in [9.17, 15) is 22.8 Å². The molecule has 2 amide bonds. The average Bonchev–Trinajstić information content (AvgIpc) is 3.12. The lowest BCUT2D eigenvalue weighted by Gasteiger charge is -2.24. The predicted molar refractivity (Wildman–Crippen MR) is 103 cm³/mol. The molecule has 1 aliphatic rings. The van der Waals surface area contributed by atoms with E-state index in [0.29, 0.717) is 38.2 Å². The van der Waals surface area contributed by atoms with Crippen LogP contribution in [0.4, 0.5) is 19.0 Å². The Morgan fingerprint density at radius 2 is 2.03 bits per heavy atom. The average molecular weight is 445 g/mol. The smallest absolute Gasteiger partial charge is 0.417 e. The van der Waals surface area contributed by atoms with E-state index in [2.05, 4.69) is 10.3 Å². The summed E-state index contributed by atoms with van der Waals surface area (Å²) in [6.07, 6.45) is -0.279. The lowest BCUT2D eigenvalue weighted by atomic mass is 10.2. The fourth-order valence-electron chi connectivity index (χ4n) is 3.13. The fourth-order valence-corrected chi connectivity index (χ4v) is 3.42. The highest BCUT2D eigenvalue weighted by molar-refractivity contribution is 6.33. The van der Waals surface area contributed by atoms with Crippen LogP contribution in [-0.4, -0.2) is 54.4 Å². The molecule has 0 radical (unpaired) electrons. The highest BCUT2D eigenvalue weighted by atomic mass is 35.5. The second-order valence-corrected chi connectivity index (χ2v) is 7.17. The molecule has 1 N–H and O–H groups in total. The molecule has 2 aromatic rings. The molecule has 3 rings (SSSR count). The summed E-state index contributed by atoms with van der Waals surface area (Å²) in [6.45, 7) is 1.98. The van der Waals surface area contributed by atoms with Gasteiger partial charge < -0.3 is 19.5 Å². The Hall–Kier alpha value is -2.75. The third-order valence-electron chi connectivity index (χ3n) is 4.71. The van der Waals surface area contributed by atoms with E-state index in [1.807, 2.05) is 0 Å². The van der Waals surface area contributed by atoms with Gasteiger partial charge >= 0.3 is 6.18 Å². The van der Waals surface area contributed by atoms with Crippen molar-refractivity contribution in [3.63, 3.8) is 0 Å². The predicted octanol–water partition coefficient (Wildman–Crippen LogP) is 3.21. The van der Waals surface area contributed by atoms with Crippen molar-refractivity contribution < 1.29 is 27.2 Å². The molecule has 0 saturated carbocycles. The van der Waals surface area contributed by atoms with Gasteiger partial charge in [0.2, 0.25) is 5.91 Å². The van der Waals surface area contributed by atoms with Crippen molar-refractivity contribution in [2.75, 3.05) is 37.6 Å². The zero-order valence-corrected chi connectivity index (χ0v) is 16.7. The van der Waals surface area contributed by atoms with E-state index in [1.54, 1.807) is 9.80 Å². The molecule has 3 heterocycles. The summed E-state index contributed by atoms with van der Waals surface area (Å²) in [5.74, 6) is -0.163. The Morgan fingerprint density at radius 3 is 2.70 bits per heavy atom. The van der Waals surface area contributed by atoms with E-state index < -0.39 is 11.7 Å². The quantitative estimate of drug-likeness (QED) is 0.766. The highest BCUT2D eigenvalue weighted by Crippen LogP contribution is 2.33. The summed E-state index contributed by atoms with van der Waals surface area (Å²) >= 11 is 6.03. The van der Waals surface area contributed by atoms with Crippen LogP contribution in [0.25, 0.3) is 0 Å². The number of hydrogen-bond acceptors (Lipinski definition) is 5. The Balaban J connectivity index is 1.52. The van der Waals surface area contributed by atoms with Gasteiger partial charge in [-0.15, -0.1) is 0 Å². The van der Waals surface area contributed by atoms with E-state index in [4.69, 9.17) is 16.0 Å². The molecule has 0 atom stereocenters. The van der Waals surface area contributed by atoms with Gasteiger partial charge in [-0.1, -0.05) is 11.6 Å². The minimum Gasteiger partial charge on any atom is -0.472 e. The SMILES string of the molecule is O=C(NCCC(=O)N1CCCN(c2ncc(C(F)(F)F)cc2Cl)CC1)c1ccoc1. The van der Waals surface area contributed by atoms with Gasteiger partial charge in [0.15, 0.2) is 0 Å². The minimum absolute atomic E-state index is 0.0773. The molecular formula is C19H20ClF3N4O3. The van der Waals surface area contributed by atoms with E-state index in [1.165, 1.54) is 18.6 Å². The molecule has 0 unspecified atom stereocenters. The van der Waals surface area contributed by atoms with Gasteiger partial charge in [-0.2, -0.15) is 13.2 Å². The zero-order valence-electron chi connectivity index (χ0n) is 15.9. The first-order valence-electron chi connectivity index (χ1n) is 9.31. The minimum atomic E-state index is -4.51. The van der Waals surface area contributed by atoms with Crippen molar-refractivity contribution in [1.29, 1.82) is 0 Å². The van der Waals surface area contributed by atoms with Crippen molar-refractivity contribution in [2.24, 2.45) is 0 Å². The Morgan fingerprint density at radius 1 is 1.23 bits per heavy atom. The molecule has 0 aliphatic carbocycles. The maximum atomic E-state index is 12.8. The highest BCUT2D eigenvalue weighted by Gasteiger charge is 2.32. The zero-order chi connectivity index (χ0) is 21.7. The monoisotopic (exact) mass is 444 g/mol. The number of hydrogen-bond donors (Lipinski definition) is 1. The molecule has 0 aromatic carbocycles. The molecule has 1 saturated heterocycles. The number of pyridine rings is 1. The van der Waals surface area contributed by atoms with Crippen molar-refractivity contribution in [3.8, 4) is 0 Å². The molecule has 1 fully saturated rings.